The monoisotopic (exact) mass is 221 g/mol. The van der Waals surface area contributed by atoms with E-state index in [0.717, 1.165) is 25.7 Å². The van der Waals surface area contributed by atoms with Crippen molar-refractivity contribution in [2.75, 3.05) is 0 Å². The van der Waals surface area contributed by atoms with Crippen molar-refractivity contribution >= 4 is 5.97 Å². The van der Waals surface area contributed by atoms with Crippen LogP contribution in [0.25, 0.3) is 0 Å². The summed E-state index contributed by atoms with van der Waals surface area (Å²) in [6, 6.07) is 1.52. The zero-order chi connectivity index (χ0) is 11.5. The number of hydrogen-bond donors (Lipinski definition) is 2. The molecule has 0 aromatic carbocycles. The van der Waals surface area contributed by atoms with Crippen molar-refractivity contribution in [3.05, 3.63) is 33.7 Å². The molecule has 0 spiro atoms. The smallest absolute Gasteiger partial charge is 0.337 e. The van der Waals surface area contributed by atoms with Crippen LogP contribution in [0, 0.1) is 0 Å². The fourth-order valence-electron chi connectivity index (χ4n) is 2.34. The van der Waals surface area contributed by atoms with Gasteiger partial charge in [-0.2, -0.15) is 0 Å². The molecule has 1 aromatic rings. The highest BCUT2D eigenvalue weighted by Gasteiger charge is 2.19. The quantitative estimate of drug-likeness (QED) is 0.803. The number of nitrogens with one attached hydrogen (secondary N) is 1. The number of pyridine rings is 1. The average molecular weight is 221 g/mol. The zero-order valence-corrected chi connectivity index (χ0v) is 9.03. The van der Waals surface area contributed by atoms with E-state index < -0.39 is 5.97 Å². The van der Waals surface area contributed by atoms with E-state index in [0.29, 0.717) is 5.56 Å². The Hall–Kier alpha value is -1.58. The van der Waals surface area contributed by atoms with Crippen molar-refractivity contribution in [3.8, 4) is 0 Å². The molecule has 0 atom stereocenters. The largest absolute Gasteiger partial charge is 0.478 e. The van der Waals surface area contributed by atoms with Gasteiger partial charge in [0.15, 0.2) is 0 Å². The lowest BCUT2D eigenvalue weighted by molar-refractivity contribution is 0.0696. The van der Waals surface area contributed by atoms with E-state index in [1.807, 2.05) is 0 Å². The molecule has 2 rings (SSSR count). The van der Waals surface area contributed by atoms with Crippen molar-refractivity contribution in [2.24, 2.45) is 0 Å². The molecule has 2 N–H and O–H groups in total. The van der Waals surface area contributed by atoms with Crippen LogP contribution in [0.4, 0.5) is 0 Å². The maximum atomic E-state index is 11.6. The molecule has 0 saturated heterocycles. The predicted molar refractivity (Wildman–Crippen MR) is 59.8 cm³/mol. The Morgan fingerprint density at radius 3 is 2.62 bits per heavy atom. The summed E-state index contributed by atoms with van der Waals surface area (Å²) in [7, 11) is 0. The molecule has 0 amide bonds. The molecule has 16 heavy (non-hydrogen) atoms. The van der Waals surface area contributed by atoms with Gasteiger partial charge in [-0.1, -0.05) is 19.3 Å². The van der Waals surface area contributed by atoms with Crippen LogP contribution in [0.2, 0.25) is 0 Å². The molecular weight excluding hydrogens is 206 g/mol. The van der Waals surface area contributed by atoms with Gasteiger partial charge in [0, 0.05) is 11.8 Å². The lowest BCUT2D eigenvalue weighted by Gasteiger charge is -2.21. The first-order valence-electron chi connectivity index (χ1n) is 5.64. The van der Waals surface area contributed by atoms with Gasteiger partial charge in [0.25, 0.3) is 5.56 Å². The van der Waals surface area contributed by atoms with Gasteiger partial charge in [0.1, 0.15) is 0 Å². The van der Waals surface area contributed by atoms with Gasteiger partial charge < -0.3 is 10.1 Å². The Kier molecular flexibility index (Phi) is 3.08. The summed E-state index contributed by atoms with van der Waals surface area (Å²) < 4.78 is 0. The number of carboxylic acid groups (broad SMARTS) is 1. The van der Waals surface area contributed by atoms with Crippen molar-refractivity contribution in [1.29, 1.82) is 0 Å². The van der Waals surface area contributed by atoms with Crippen LogP contribution in [0.3, 0.4) is 0 Å². The molecule has 1 aliphatic carbocycles. The van der Waals surface area contributed by atoms with Crippen LogP contribution >= 0.6 is 0 Å². The van der Waals surface area contributed by atoms with Crippen LogP contribution < -0.4 is 5.56 Å². The third-order valence-corrected chi connectivity index (χ3v) is 3.22. The summed E-state index contributed by atoms with van der Waals surface area (Å²) >= 11 is 0. The van der Waals surface area contributed by atoms with E-state index >= 15 is 0 Å². The fourth-order valence-corrected chi connectivity index (χ4v) is 2.34. The molecule has 0 unspecified atom stereocenters. The minimum absolute atomic E-state index is 0.142. The van der Waals surface area contributed by atoms with Crippen LogP contribution in [0.1, 0.15) is 53.9 Å². The third-order valence-electron chi connectivity index (χ3n) is 3.22. The second-order valence-electron chi connectivity index (χ2n) is 4.31. The number of rotatable bonds is 2. The summed E-state index contributed by atoms with van der Waals surface area (Å²) in [5, 5.41) is 8.88. The van der Waals surface area contributed by atoms with E-state index in [-0.39, 0.29) is 17.0 Å². The molecule has 4 heteroatoms. The number of H-pyrrole nitrogens is 1. The van der Waals surface area contributed by atoms with Gasteiger partial charge in [-0.3, -0.25) is 4.79 Å². The second kappa shape index (κ2) is 4.51. The minimum atomic E-state index is -0.992. The van der Waals surface area contributed by atoms with Gasteiger partial charge in [-0.15, -0.1) is 0 Å². The van der Waals surface area contributed by atoms with E-state index in [1.165, 1.54) is 18.7 Å². The van der Waals surface area contributed by atoms with Crippen molar-refractivity contribution in [2.45, 2.75) is 38.0 Å². The standard InChI is InChI=1S/C12H15NO3/c14-11-10(8-4-2-1-3-5-8)6-9(7-13-11)12(15)16/h6-8H,1-5H2,(H,13,14)(H,15,16). The fraction of sp³-hybridized carbons (Fsp3) is 0.500. The first-order valence-corrected chi connectivity index (χ1v) is 5.64. The van der Waals surface area contributed by atoms with Gasteiger partial charge in [-0.25, -0.2) is 4.79 Å². The van der Waals surface area contributed by atoms with Crippen LogP contribution in [0.5, 0.6) is 0 Å². The molecule has 0 radical (unpaired) electrons. The van der Waals surface area contributed by atoms with Gasteiger partial charge in [0.05, 0.1) is 5.56 Å². The molecule has 0 bridgehead atoms. The molecule has 1 saturated carbocycles. The van der Waals surface area contributed by atoms with Gasteiger partial charge >= 0.3 is 5.97 Å². The molecular formula is C12H15NO3. The highest BCUT2D eigenvalue weighted by atomic mass is 16.4. The normalized spacial score (nSPS) is 17.2. The number of aromatic amines is 1. The van der Waals surface area contributed by atoms with Crippen LogP contribution in [0.15, 0.2) is 17.1 Å². The lowest BCUT2D eigenvalue weighted by atomic mass is 9.84. The Balaban J connectivity index is 2.34. The van der Waals surface area contributed by atoms with Gasteiger partial charge in [0.2, 0.25) is 0 Å². The summed E-state index contributed by atoms with van der Waals surface area (Å²) in [5.41, 5.74) is 0.664. The number of aromatic nitrogens is 1. The number of aromatic carboxylic acids is 1. The zero-order valence-electron chi connectivity index (χ0n) is 9.03. The average Bonchev–Trinajstić information content (AvgIpc) is 2.30. The summed E-state index contributed by atoms with van der Waals surface area (Å²) in [6.07, 6.45) is 6.71. The summed E-state index contributed by atoms with van der Waals surface area (Å²) in [4.78, 5) is 25.0. The topological polar surface area (TPSA) is 70.2 Å². The van der Waals surface area contributed by atoms with Crippen molar-refractivity contribution in [1.82, 2.24) is 4.98 Å². The third kappa shape index (κ3) is 2.15. The van der Waals surface area contributed by atoms with Crippen LogP contribution in [-0.2, 0) is 0 Å². The molecule has 1 heterocycles. The molecule has 4 nitrogen and oxygen atoms in total. The highest BCUT2D eigenvalue weighted by molar-refractivity contribution is 5.87. The first kappa shape index (κ1) is 10.9. The van der Waals surface area contributed by atoms with Crippen molar-refractivity contribution in [3.63, 3.8) is 0 Å². The SMILES string of the molecule is O=C(O)c1c[nH]c(=O)c(C2CCCCC2)c1. The van der Waals surface area contributed by atoms with E-state index in [1.54, 1.807) is 0 Å². The van der Waals surface area contributed by atoms with E-state index in [2.05, 4.69) is 4.98 Å². The van der Waals surface area contributed by atoms with Gasteiger partial charge in [-0.05, 0) is 24.8 Å². The van der Waals surface area contributed by atoms with E-state index in [9.17, 15) is 9.59 Å². The predicted octanol–water partition coefficient (Wildman–Crippen LogP) is 2.12. The van der Waals surface area contributed by atoms with Crippen molar-refractivity contribution < 1.29 is 9.90 Å². The second-order valence-corrected chi connectivity index (χ2v) is 4.31. The lowest BCUT2D eigenvalue weighted by Crippen LogP contribution is -2.19. The minimum Gasteiger partial charge on any atom is -0.478 e. The van der Waals surface area contributed by atoms with E-state index in [4.69, 9.17) is 5.11 Å². The Bertz CT molecular complexity index is 444. The maximum Gasteiger partial charge on any atom is 0.337 e. The summed E-state index contributed by atoms with van der Waals surface area (Å²) in [5.74, 6) is -0.759. The Labute approximate surface area is 93.3 Å². The molecule has 0 aliphatic heterocycles. The Morgan fingerprint density at radius 2 is 2.00 bits per heavy atom. The summed E-state index contributed by atoms with van der Waals surface area (Å²) in [6.45, 7) is 0. The number of hydrogen-bond acceptors (Lipinski definition) is 2. The number of carboxylic acids is 1. The molecule has 1 aliphatic rings. The molecule has 86 valence electrons. The van der Waals surface area contributed by atoms with Crippen LogP contribution in [-0.4, -0.2) is 16.1 Å². The molecule has 1 aromatic heterocycles. The maximum absolute atomic E-state index is 11.6. The highest BCUT2D eigenvalue weighted by Crippen LogP contribution is 2.30. The first-order chi connectivity index (χ1) is 7.68. The number of carbonyl (C=O) groups is 1. The Morgan fingerprint density at radius 1 is 1.31 bits per heavy atom. The molecule has 1 fully saturated rings.